The summed E-state index contributed by atoms with van der Waals surface area (Å²) in [6, 6.07) is 2.71. The van der Waals surface area contributed by atoms with Gasteiger partial charge in [-0.3, -0.25) is 0 Å². The zero-order chi connectivity index (χ0) is 12.3. The van der Waals surface area contributed by atoms with Crippen molar-refractivity contribution in [3.63, 3.8) is 0 Å². The van der Waals surface area contributed by atoms with Crippen LogP contribution >= 0.6 is 0 Å². The third-order valence-electron chi connectivity index (χ3n) is 3.10. The molecular weight excluding hydrogens is 214 g/mol. The number of rotatable bonds is 6. The molecule has 0 radical (unpaired) electrons. The van der Waals surface area contributed by atoms with E-state index >= 15 is 0 Å². The molecule has 1 aromatic heterocycles. The van der Waals surface area contributed by atoms with Gasteiger partial charge in [-0.2, -0.15) is 5.10 Å². The molecule has 0 amide bonds. The number of nitrogens with one attached hydrogen (secondary N) is 2. The first-order chi connectivity index (χ1) is 8.16. The molecule has 96 valence electrons. The van der Waals surface area contributed by atoms with Crippen molar-refractivity contribution in [3.8, 4) is 0 Å². The summed E-state index contributed by atoms with van der Waals surface area (Å²) in [6.07, 6.45) is 2.89. The van der Waals surface area contributed by atoms with E-state index in [2.05, 4.69) is 34.3 Å². The van der Waals surface area contributed by atoms with Crippen molar-refractivity contribution in [1.82, 2.24) is 15.1 Å². The summed E-state index contributed by atoms with van der Waals surface area (Å²) in [7, 11) is 0. The van der Waals surface area contributed by atoms with Crippen LogP contribution in [0.4, 0.5) is 5.82 Å². The summed E-state index contributed by atoms with van der Waals surface area (Å²) in [5.41, 5.74) is 6.06. The Morgan fingerprint density at radius 1 is 1.59 bits per heavy atom. The molecule has 1 saturated heterocycles. The molecule has 0 spiro atoms. The molecule has 1 aliphatic heterocycles. The van der Waals surface area contributed by atoms with Gasteiger partial charge < -0.3 is 16.4 Å². The molecule has 1 fully saturated rings. The molecule has 0 aromatic carbocycles. The van der Waals surface area contributed by atoms with Crippen LogP contribution in [0.5, 0.6) is 0 Å². The number of aromatic nitrogens is 2. The van der Waals surface area contributed by atoms with E-state index < -0.39 is 0 Å². The average molecular weight is 237 g/mol. The van der Waals surface area contributed by atoms with E-state index in [9.17, 15) is 0 Å². The van der Waals surface area contributed by atoms with E-state index in [0.717, 1.165) is 31.9 Å². The summed E-state index contributed by atoms with van der Waals surface area (Å²) in [5.74, 6) is 1.73. The zero-order valence-corrected chi connectivity index (χ0v) is 10.7. The first kappa shape index (κ1) is 12.4. The Balaban J connectivity index is 1.84. The topological polar surface area (TPSA) is 67.9 Å². The highest BCUT2D eigenvalue weighted by molar-refractivity contribution is 5.35. The maximum atomic E-state index is 6.06. The van der Waals surface area contributed by atoms with Gasteiger partial charge in [-0.15, -0.1) is 0 Å². The molecule has 4 N–H and O–H groups in total. The predicted molar refractivity (Wildman–Crippen MR) is 70.1 cm³/mol. The van der Waals surface area contributed by atoms with Crippen LogP contribution in [0.1, 0.15) is 26.3 Å². The van der Waals surface area contributed by atoms with Crippen LogP contribution < -0.4 is 16.4 Å². The average Bonchev–Trinajstić information content (AvgIpc) is 2.59. The van der Waals surface area contributed by atoms with Gasteiger partial charge >= 0.3 is 0 Å². The lowest BCUT2D eigenvalue weighted by Crippen LogP contribution is -2.44. The Morgan fingerprint density at radius 3 is 2.94 bits per heavy atom. The third kappa shape index (κ3) is 3.20. The highest BCUT2D eigenvalue weighted by atomic mass is 15.4. The van der Waals surface area contributed by atoms with Crippen LogP contribution in [0.25, 0.3) is 0 Å². The minimum Gasteiger partial charge on any atom is -0.369 e. The molecule has 5 nitrogen and oxygen atoms in total. The van der Waals surface area contributed by atoms with Crippen molar-refractivity contribution in [2.24, 2.45) is 11.7 Å². The summed E-state index contributed by atoms with van der Waals surface area (Å²) in [6.45, 7) is 7.22. The molecule has 0 aliphatic carbocycles. The van der Waals surface area contributed by atoms with E-state index in [1.165, 1.54) is 0 Å². The molecule has 0 bridgehead atoms. The van der Waals surface area contributed by atoms with Gasteiger partial charge in [0.1, 0.15) is 5.82 Å². The quantitative estimate of drug-likeness (QED) is 0.685. The predicted octanol–water partition coefficient (Wildman–Crippen LogP) is 0.813. The van der Waals surface area contributed by atoms with Crippen LogP contribution in [0, 0.1) is 5.92 Å². The molecule has 2 heterocycles. The fraction of sp³-hybridized carbons (Fsp3) is 0.750. The summed E-state index contributed by atoms with van der Waals surface area (Å²) in [5, 5.41) is 11.0. The summed E-state index contributed by atoms with van der Waals surface area (Å²) < 4.78 is 2.05. The van der Waals surface area contributed by atoms with Gasteiger partial charge in [0.05, 0.1) is 12.2 Å². The number of anilines is 1. The lowest BCUT2D eigenvalue weighted by molar-refractivity contribution is 0.321. The van der Waals surface area contributed by atoms with Gasteiger partial charge in [0, 0.05) is 31.7 Å². The number of nitrogens with zero attached hydrogens (tertiary/aromatic N) is 2. The van der Waals surface area contributed by atoms with Gasteiger partial charge in [-0.25, -0.2) is 4.68 Å². The summed E-state index contributed by atoms with van der Waals surface area (Å²) in [4.78, 5) is 0. The number of nitrogens with two attached hydrogens (primary N) is 1. The largest absolute Gasteiger partial charge is 0.369 e. The molecule has 5 heteroatoms. The highest BCUT2D eigenvalue weighted by Crippen LogP contribution is 2.17. The lowest BCUT2D eigenvalue weighted by atomic mass is 10.0. The van der Waals surface area contributed by atoms with Crippen LogP contribution in [0.3, 0.4) is 0 Å². The molecular formula is C12H23N5. The van der Waals surface area contributed by atoms with Gasteiger partial charge in [0.15, 0.2) is 0 Å². The number of hydrogen-bond donors (Lipinski definition) is 3. The second-order valence-corrected chi connectivity index (χ2v) is 5.24. The molecule has 0 unspecified atom stereocenters. The van der Waals surface area contributed by atoms with Gasteiger partial charge in [0.2, 0.25) is 0 Å². The standard InChI is InChI=1S/C12H23N5/c1-9(2)5-10(13)6-15-12-3-4-16-17(12)11-7-14-8-11/h3-4,9-11,14-15H,5-8,13H2,1-2H3/t10-/m1/s1. The van der Waals surface area contributed by atoms with Crippen LogP contribution in [0.15, 0.2) is 12.3 Å². The molecule has 1 atom stereocenters. The van der Waals surface area contributed by atoms with Crippen molar-refractivity contribution in [2.75, 3.05) is 25.0 Å². The van der Waals surface area contributed by atoms with Gasteiger partial charge in [-0.1, -0.05) is 13.8 Å². The molecule has 1 aromatic rings. The van der Waals surface area contributed by atoms with Gasteiger partial charge in [-0.05, 0) is 12.3 Å². The Kier molecular flexibility index (Phi) is 4.02. The van der Waals surface area contributed by atoms with E-state index in [-0.39, 0.29) is 6.04 Å². The minimum atomic E-state index is 0.206. The third-order valence-corrected chi connectivity index (χ3v) is 3.10. The SMILES string of the molecule is CC(C)C[C@@H](N)CNc1ccnn1C1CNC1. The zero-order valence-electron chi connectivity index (χ0n) is 10.7. The lowest BCUT2D eigenvalue weighted by Gasteiger charge is -2.29. The van der Waals surface area contributed by atoms with E-state index in [1.807, 2.05) is 12.3 Å². The fourth-order valence-electron chi connectivity index (χ4n) is 2.12. The first-order valence-corrected chi connectivity index (χ1v) is 6.40. The monoisotopic (exact) mass is 237 g/mol. The smallest absolute Gasteiger partial charge is 0.124 e. The maximum Gasteiger partial charge on any atom is 0.124 e. The normalized spacial score (nSPS) is 18.1. The Hall–Kier alpha value is -1.07. The Labute approximate surface area is 103 Å². The maximum absolute atomic E-state index is 6.06. The molecule has 17 heavy (non-hydrogen) atoms. The highest BCUT2D eigenvalue weighted by Gasteiger charge is 2.21. The van der Waals surface area contributed by atoms with Crippen LogP contribution in [-0.2, 0) is 0 Å². The van der Waals surface area contributed by atoms with E-state index in [1.54, 1.807) is 0 Å². The van der Waals surface area contributed by atoms with Gasteiger partial charge in [0.25, 0.3) is 0 Å². The number of hydrogen-bond acceptors (Lipinski definition) is 4. The fourth-order valence-corrected chi connectivity index (χ4v) is 2.12. The van der Waals surface area contributed by atoms with Crippen molar-refractivity contribution in [3.05, 3.63) is 12.3 Å². The Morgan fingerprint density at radius 2 is 2.35 bits per heavy atom. The summed E-state index contributed by atoms with van der Waals surface area (Å²) >= 11 is 0. The van der Waals surface area contributed by atoms with Crippen LogP contribution in [0.2, 0.25) is 0 Å². The second kappa shape index (κ2) is 5.51. The molecule has 0 saturated carbocycles. The van der Waals surface area contributed by atoms with Crippen molar-refractivity contribution < 1.29 is 0 Å². The van der Waals surface area contributed by atoms with E-state index in [4.69, 9.17) is 5.73 Å². The van der Waals surface area contributed by atoms with Crippen molar-refractivity contribution in [2.45, 2.75) is 32.4 Å². The van der Waals surface area contributed by atoms with Crippen molar-refractivity contribution in [1.29, 1.82) is 0 Å². The second-order valence-electron chi connectivity index (χ2n) is 5.24. The van der Waals surface area contributed by atoms with E-state index in [0.29, 0.717) is 12.0 Å². The minimum absolute atomic E-state index is 0.206. The van der Waals surface area contributed by atoms with Crippen molar-refractivity contribution >= 4 is 5.82 Å². The molecule has 2 rings (SSSR count). The van der Waals surface area contributed by atoms with Crippen LogP contribution in [-0.4, -0.2) is 35.5 Å². The molecule has 1 aliphatic rings. The first-order valence-electron chi connectivity index (χ1n) is 6.40. The Bertz CT molecular complexity index is 342.